The third kappa shape index (κ3) is 1.53. The van der Waals surface area contributed by atoms with E-state index in [9.17, 15) is 9.59 Å². The number of nitrogen functional groups attached to an aromatic ring is 1. The van der Waals surface area contributed by atoms with Crippen molar-refractivity contribution in [3.8, 4) is 0 Å². The minimum atomic E-state index is -0.284. The lowest BCUT2D eigenvalue weighted by Crippen LogP contribution is -2.41. The summed E-state index contributed by atoms with van der Waals surface area (Å²) in [5, 5.41) is 1.56. The Morgan fingerprint density at radius 3 is 2.63 bits per heavy atom. The Hall–Kier alpha value is -2.36. The van der Waals surface area contributed by atoms with Crippen molar-refractivity contribution in [3.63, 3.8) is 0 Å². The fraction of sp³-hybridized carbons (Fsp3) is 0.200. The van der Waals surface area contributed by atoms with Gasteiger partial charge in [-0.1, -0.05) is 25.1 Å². The predicted octanol–water partition coefficient (Wildman–Crippen LogP) is 2.43. The van der Waals surface area contributed by atoms with Crippen molar-refractivity contribution in [2.75, 3.05) is 12.3 Å². The van der Waals surface area contributed by atoms with Crippen LogP contribution in [0.15, 0.2) is 30.3 Å². The smallest absolute Gasteiger partial charge is 0.263 e. The maximum atomic E-state index is 12.4. The van der Waals surface area contributed by atoms with Crippen LogP contribution in [-0.4, -0.2) is 23.3 Å². The zero-order valence-corrected chi connectivity index (χ0v) is 10.6. The molecule has 3 rings (SSSR count). The van der Waals surface area contributed by atoms with Gasteiger partial charge in [-0.05, 0) is 23.9 Å². The molecule has 2 N–H and O–H groups in total. The highest BCUT2D eigenvalue weighted by atomic mass is 16.2. The second-order valence-electron chi connectivity index (χ2n) is 4.70. The van der Waals surface area contributed by atoms with Gasteiger partial charge in [0.15, 0.2) is 0 Å². The van der Waals surface area contributed by atoms with Crippen molar-refractivity contribution in [3.05, 3.63) is 41.5 Å². The highest BCUT2D eigenvalue weighted by Gasteiger charge is 2.33. The van der Waals surface area contributed by atoms with Crippen molar-refractivity contribution in [2.24, 2.45) is 0 Å². The Bertz CT molecular complexity index is 707. The molecule has 0 fully saturated rings. The molecule has 2 aromatic rings. The maximum Gasteiger partial charge on any atom is 0.263 e. The van der Waals surface area contributed by atoms with Crippen molar-refractivity contribution in [1.29, 1.82) is 0 Å². The molecule has 4 nitrogen and oxygen atoms in total. The highest BCUT2D eigenvalue weighted by Crippen LogP contribution is 2.33. The minimum Gasteiger partial charge on any atom is -0.398 e. The molecule has 0 saturated carbocycles. The molecule has 1 aliphatic heterocycles. The van der Waals surface area contributed by atoms with Crippen molar-refractivity contribution >= 4 is 28.3 Å². The van der Waals surface area contributed by atoms with Gasteiger partial charge in [0, 0.05) is 23.2 Å². The predicted molar refractivity (Wildman–Crippen MR) is 74.0 cm³/mol. The number of rotatable bonds is 2. The number of benzene rings is 2. The lowest BCUT2D eigenvalue weighted by atomic mass is 9.93. The molecule has 0 unspecified atom stereocenters. The number of hydrogen-bond donors (Lipinski definition) is 1. The van der Waals surface area contributed by atoms with Crippen molar-refractivity contribution < 1.29 is 9.59 Å². The summed E-state index contributed by atoms with van der Waals surface area (Å²) in [5.41, 5.74) is 7.39. The van der Waals surface area contributed by atoms with Gasteiger partial charge in [0.05, 0.1) is 5.56 Å². The molecular weight excluding hydrogens is 240 g/mol. The molecule has 0 spiro atoms. The largest absolute Gasteiger partial charge is 0.398 e. The summed E-state index contributed by atoms with van der Waals surface area (Å²) in [5.74, 6) is -0.510. The van der Waals surface area contributed by atoms with Gasteiger partial charge in [-0.15, -0.1) is 0 Å². The van der Waals surface area contributed by atoms with E-state index in [0.29, 0.717) is 28.7 Å². The third-order valence-electron chi connectivity index (χ3n) is 3.46. The van der Waals surface area contributed by atoms with Gasteiger partial charge in [-0.25, -0.2) is 0 Å². The summed E-state index contributed by atoms with van der Waals surface area (Å²) in [6.45, 7) is 2.35. The molecule has 0 saturated heterocycles. The lowest BCUT2D eigenvalue weighted by Gasteiger charge is -2.27. The molecule has 2 aromatic carbocycles. The van der Waals surface area contributed by atoms with Gasteiger partial charge >= 0.3 is 0 Å². The zero-order chi connectivity index (χ0) is 13.6. The van der Waals surface area contributed by atoms with E-state index in [0.717, 1.165) is 11.8 Å². The molecule has 2 amide bonds. The van der Waals surface area contributed by atoms with Gasteiger partial charge in [0.25, 0.3) is 11.8 Å². The van der Waals surface area contributed by atoms with E-state index in [1.807, 2.05) is 25.1 Å². The summed E-state index contributed by atoms with van der Waals surface area (Å²) in [7, 11) is 0. The first-order valence-electron chi connectivity index (χ1n) is 6.32. The average molecular weight is 254 g/mol. The van der Waals surface area contributed by atoms with Crippen LogP contribution in [0.5, 0.6) is 0 Å². The number of amides is 2. The number of carbonyl (C=O) groups excluding carboxylic acids is 2. The third-order valence-corrected chi connectivity index (χ3v) is 3.46. The van der Waals surface area contributed by atoms with Crippen LogP contribution < -0.4 is 5.73 Å². The van der Waals surface area contributed by atoms with Crippen LogP contribution in [0, 0.1) is 0 Å². The molecule has 1 heterocycles. The summed E-state index contributed by atoms with van der Waals surface area (Å²) in [4.78, 5) is 26.1. The normalized spacial score (nSPS) is 14.3. The second kappa shape index (κ2) is 4.09. The number of imide groups is 1. The van der Waals surface area contributed by atoms with Gasteiger partial charge in [0.2, 0.25) is 0 Å². The monoisotopic (exact) mass is 254 g/mol. The Morgan fingerprint density at radius 2 is 1.89 bits per heavy atom. The van der Waals surface area contributed by atoms with Gasteiger partial charge in [-0.2, -0.15) is 0 Å². The van der Waals surface area contributed by atoms with E-state index in [-0.39, 0.29) is 11.8 Å². The van der Waals surface area contributed by atoms with Crippen LogP contribution in [0.25, 0.3) is 10.8 Å². The first-order chi connectivity index (χ1) is 9.15. The molecule has 0 atom stereocenters. The molecule has 0 aromatic heterocycles. The minimum absolute atomic E-state index is 0.226. The SMILES string of the molecule is CCCN1C(=O)c2cccc3ccc(N)c(c23)C1=O. The topological polar surface area (TPSA) is 63.4 Å². The van der Waals surface area contributed by atoms with E-state index in [4.69, 9.17) is 5.73 Å². The van der Waals surface area contributed by atoms with Crippen LogP contribution >= 0.6 is 0 Å². The summed E-state index contributed by atoms with van der Waals surface area (Å²) in [6.07, 6.45) is 0.732. The summed E-state index contributed by atoms with van der Waals surface area (Å²) < 4.78 is 0. The van der Waals surface area contributed by atoms with Crippen LogP contribution in [0.1, 0.15) is 34.1 Å². The number of nitrogens with zero attached hydrogens (tertiary/aromatic N) is 1. The molecule has 19 heavy (non-hydrogen) atoms. The van der Waals surface area contributed by atoms with Crippen LogP contribution in [0.2, 0.25) is 0 Å². The summed E-state index contributed by atoms with van der Waals surface area (Å²) in [6, 6.07) is 9.03. The molecule has 0 aliphatic carbocycles. The number of hydrogen-bond acceptors (Lipinski definition) is 3. The van der Waals surface area contributed by atoms with Gasteiger partial charge in [-0.3, -0.25) is 14.5 Å². The van der Waals surface area contributed by atoms with E-state index < -0.39 is 0 Å². The first-order valence-corrected chi connectivity index (χ1v) is 6.32. The van der Waals surface area contributed by atoms with Crippen LogP contribution in [-0.2, 0) is 0 Å². The molecule has 1 aliphatic rings. The van der Waals surface area contributed by atoms with Crippen molar-refractivity contribution in [2.45, 2.75) is 13.3 Å². The van der Waals surface area contributed by atoms with E-state index in [1.165, 1.54) is 4.90 Å². The average Bonchev–Trinajstić information content (AvgIpc) is 2.41. The standard InChI is InChI=1S/C15H14N2O2/c1-2-8-17-14(18)10-5-3-4-9-6-7-11(16)13(12(9)10)15(17)19/h3-7H,2,8,16H2,1H3. The first kappa shape index (κ1) is 11.7. The molecular formula is C15H14N2O2. The van der Waals surface area contributed by atoms with E-state index >= 15 is 0 Å². The lowest BCUT2D eigenvalue weighted by molar-refractivity contribution is 0.0611. The Kier molecular flexibility index (Phi) is 2.52. The Morgan fingerprint density at radius 1 is 1.11 bits per heavy atom. The van der Waals surface area contributed by atoms with E-state index in [2.05, 4.69) is 0 Å². The van der Waals surface area contributed by atoms with Crippen LogP contribution in [0.4, 0.5) is 5.69 Å². The summed E-state index contributed by atoms with van der Waals surface area (Å²) >= 11 is 0. The molecule has 96 valence electrons. The maximum absolute atomic E-state index is 12.4. The quantitative estimate of drug-likeness (QED) is 0.661. The Labute approximate surface area is 110 Å². The van der Waals surface area contributed by atoms with E-state index in [1.54, 1.807) is 12.1 Å². The highest BCUT2D eigenvalue weighted by molar-refractivity contribution is 6.27. The molecule has 0 radical (unpaired) electrons. The number of carbonyl (C=O) groups is 2. The fourth-order valence-corrected chi connectivity index (χ4v) is 2.60. The second-order valence-corrected chi connectivity index (χ2v) is 4.70. The molecule has 0 bridgehead atoms. The number of nitrogens with two attached hydrogens (primary N) is 1. The Balaban J connectivity index is 2.37. The van der Waals surface area contributed by atoms with Gasteiger partial charge < -0.3 is 5.73 Å². The van der Waals surface area contributed by atoms with Crippen molar-refractivity contribution in [1.82, 2.24) is 4.90 Å². The fourth-order valence-electron chi connectivity index (χ4n) is 2.60. The van der Waals surface area contributed by atoms with Crippen LogP contribution in [0.3, 0.4) is 0 Å². The van der Waals surface area contributed by atoms with Gasteiger partial charge in [0.1, 0.15) is 0 Å². The molecule has 4 heteroatoms. The number of anilines is 1. The zero-order valence-electron chi connectivity index (χ0n) is 10.6.